The molecule has 6 heteroatoms. The van der Waals surface area contributed by atoms with Crippen molar-refractivity contribution in [2.24, 2.45) is 0 Å². The van der Waals surface area contributed by atoms with Gasteiger partial charge in [0.1, 0.15) is 11.5 Å². The smallest absolute Gasteiger partial charge is 0.263 e. The van der Waals surface area contributed by atoms with Crippen LogP contribution in [-0.2, 0) is 4.79 Å². The second kappa shape index (κ2) is 9.06. The molecule has 0 N–H and O–H groups in total. The van der Waals surface area contributed by atoms with Gasteiger partial charge in [0.05, 0.1) is 21.4 Å². The highest BCUT2D eigenvalue weighted by atomic mass is 79.9. The van der Waals surface area contributed by atoms with E-state index >= 15 is 0 Å². The van der Waals surface area contributed by atoms with Gasteiger partial charge in [-0.1, -0.05) is 87.7 Å². The molecule has 1 aliphatic rings. The van der Waals surface area contributed by atoms with Gasteiger partial charge in [-0.3, -0.25) is 9.69 Å². The van der Waals surface area contributed by atoms with Crippen LogP contribution in [0.2, 0.25) is 10.0 Å². The molecule has 0 saturated carbocycles. The van der Waals surface area contributed by atoms with Crippen LogP contribution in [0.1, 0.15) is 11.3 Å². The number of hydrogen-bond donors (Lipinski definition) is 0. The Kier molecular flexibility index (Phi) is 5.98. The van der Waals surface area contributed by atoms with Gasteiger partial charge in [-0.25, -0.2) is 0 Å². The first kappa shape index (κ1) is 21.8. The maximum Gasteiger partial charge on any atom is 0.263 e. The number of nitrogens with zero attached hydrogens (tertiary/aromatic N) is 1. The predicted molar refractivity (Wildman–Crippen MR) is 138 cm³/mol. The molecule has 33 heavy (non-hydrogen) atoms. The lowest BCUT2D eigenvalue weighted by atomic mass is 10.1. The third kappa shape index (κ3) is 4.30. The standard InChI is InChI=1S/C27H16BrCl2NO2/c28-20-11-9-18(10-12-20)25-14-13-21(33-25)15-19-16-24(17-5-2-1-3-6-17)31(27(19)32)23-8-4-7-22(29)26(23)30/h1-16H/b19-15+. The van der Waals surface area contributed by atoms with E-state index in [2.05, 4.69) is 15.9 Å². The molecule has 0 atom stereocenters. The number of amides is 1. The molecule has 0 bridgehead atoms. The summed E-state index contributed by atoms with van der Waals surface area (Å²) in [4.78, 5) is 15.1. The lowest BCUT2D eigenvalue weighted by Crippen LogP contribution is -2.25. The Morgan fingerprint density at radius 2 is 1.58 bits per heavy atom. The van der Waals surface area contributed by atoms with Crippen molar-refractivity contribution in [1.29, 1.82) is 0 Å². The summed E-state index contributed by atoms with van der Waals surface area (Å²) in [6.45, 7) is 0. The Morgan fingerprint density at radius 1 is 0.818 bits per heavy atom. The molecule has 0 saturated heterocycles. The number of carbonyl (C=O) groups excluding carboxylic acids is 1. The molecule has 0 radical (unpaired) electrons. The average molecular weight is 537 g/mol. The fourth-order valence-electron chi connectivity index (χ4n) is 3.69. The highest BCUT2D eigenvalue weighted by molar-refractivity contribution is 9.10. The van der Waals surface area contributed by atoms with Crippen LogP contribution in [0.15, 0.2) is 105 Å². The van der Waals surface area contributed by atoms with E-state index in [0.29, 0.717) is 27.1 Å². The van der Waals surface area contributed by atoms with Gasteiger partial charge in [0.2, 0.25) is 0 Å². The van der Waals surface area contributed by atoms with E-state index in [-0.39, 0.29) is 5.91 Å². The first-order valence-electron chi connectivity index (χ1n) is 10.1. The first-order valence-corrected chi connectivity index (χ1v) is 11.7. The van der Waals surface area contributed by atoms with E-state index in [1.54, 1.807) is 29.2 Å². The molecule has 1 aliphatic heterocycles. The molecule has 5 rings (SSSR count). The summed E-state index contributed by atoms with van der Waals surface area (Å²) in [5, 5.41) is 0.711. The van der Waals surface area contributed by atoms with Crippen LogP contribution in [-0.4, -0.2) is 5.91 Å². The predicted octanol–water partition coefficient (Wildman–Crippen LogP) is 8.49. The van der Waals surface area contributed by atoms with E-state index < -0.39 is 0 Å². The van der Waals surface area contributed by atoms with Crippen molar-refractivity contribution in [3.63, 3.8) is 0 Å². The van der Waals surface area contributed by atoms with Gasteiger partial charge >= 0.3 is 0 Å². The third-order valence-electron chi connectivity index (χ3n) is 5.28. The van der Waals surface area contributed by atoms with Crippen molar-refractivity contribution in [3.05, 3.63) is 122 Å². The van der Waals surface area contributed by atoms with Crippen LogP contribution in [0.4, 0.5) is 5.69 Å². The van der Waals surface area contributed by atoms with Gasteiger partial charge in [0, 0.05) is 15.6 Å². The Bertz CT molecular complexity index is 1410. The van der Waals surface area contributed by atoms with Crippen molar-refractivity contribution in [3.8, 4) is 11.3 Å². The second-order valence-corrected chi connectivity index (χ2v) is 9.12. The summed E-state index contributed by atoms with van der Waals surface area (Å²) >= 11 is 16.2. The number of benzene rings is 3. The molecule has 3 aromatic carbocycles. The van der Waals surface area contributed by atoms with Crippen molar-refractivity contribution >= 4 is 62.5 Å². The Hall–Kier alpha value is -3.05. The maximum absolute atomic E-state index is 13.5. The van der Waals surface area contributed by atoms with Crippen LogP contribution in [0, 0.1) is 0 Å². The van der Waals surface area contributed by atoms with Crippen LogP contribution < -0.4 is 4.90 Å². The van der Waals surface area contributed by atoms with Gasteiger partial charge < -0.3 is 4.42 Å². The Morgan fingerprint density at radius 3 is 2.33 bits per heavy atom. The summed E-state index contributed by atoms with van der Waals surface area (Å²) in [5.41, 5.74) is 3.58. The second-order valence-electron chi connectivity index (χ2n) is 7.42. The van der Waals surface area contributed by atoms with Crippen molar-refractivity contribution in [1.82, 2.24) is 0 Å². The minimum Gasteiger partial charge on any atom is -0.457 e. The summed E-state index contributed by atoms with van der Waals surface area (Å²) in [7, 11) is 0. The Labute approximate surface area is 209 Å². The largest absolute Gasteiger partial charge is 0.457 e. The number of halogens is 3. The number of rotatable bonds is 4. The maximum atomic E-state index is 13.5. The van der Waals surface area contributed by atoms with E-state index in [4.69, 9.17) is 27.6 Å². The third-order valence-corrected chi connectivity index (χ3v) is 6.62. The molecule has 1 aromatic heterocycles. The minimum absolute atomic E-state index is 0.209. The quantitative estimate of drug-likeness (QED) is 0.245. The van der Waals surface area contributed by atoms with Crippen molar-refractivity contribution < 1.29 is 9.21 Å². The molecule has 0 fully saturated rings. The van der Waals surface area contributed by atoms with E-state index in [1.807, 2.05) is 72.8 Å². The molecule has 3 nitrogen and oxygen atoms in total. The fraction of sp³-hybridized carbons (Fsp3) is 0. The van der Waals surface area contributed by atoms with Crippen LogP contribution in [0.3, 0.4) is 0 Å². The first-order chi connectivity index (χ1) is 16.0. The molecule has 4 aromatic rings. The summed E-state index contributed by atoms with van der Waals surface area (Å²) < 4.78 is 7.00. The van der Waals surface area contributed by atoms with E-state index in [0.717, 1.165) is 27.1 Å². The van der Waals surface area contributed by atoms with Crippen LogP contribution >= 0.6 is 39.1 Å². The lowest BCUT2D eigenvalue weighted by molar-refractivity contribution is -0.113. The van der Waals surface area contributed by atoms with Gasteiger partial charge in [0.15, 0.2) is 0 Å². The molecular formula is C27H16BrCl2NO2. The number of hydrogen-bond acceptors (Lipinski definition) is 2. The summed E-state index contributed by atoms with van der Waals surface area (Å²) in [5.74, 6) is 1.10. The van der Waals surface area contributed by atoms with Gasteiger partial charge in [0.25, 0.3) is 5.91 Å². The normalized spacial score (nSPS) is 14.8. The molecular weight excluding hydrogens is 521 g/mol. The van der Waals surface area contributed by atoms with E-state index in [1.165, 1.54) is 0 Å². The zero-order chi connectivity index (χ0) is 22.9. The molecule has 2 heterocycles. The molecule has 0 spiro atoms. The van der Waals surface area contributed by atoms with E-state index in [9.17, 15) is 4.79 Å². The fourth-order valence-corrected chi connectivity index (χ4v) is 4.34. The summed E-state index contributed by atoms with van der Waals surface area (Å²) in [6, 6.07) is 26.5. The van der Waals surface area contributed by atoms with Gasteiger partial charge in [-0.2, -0.15) is 0 Å². The highest BCUT2D eigenvalue weighted by Gasteiger charge is 2.32. The number of anilines is 1. The average Bonchev–Trinajstić information content (AvgIpc) is 3.42. The minimum atomic E-state index is -0.209. The topological polar surface area (TPSA) is 33.5 Å². The molecule has 1 amide bonds. The lowest BCUT2D eigenvalue weighted by Gasteiger charge is -2.22. The zero-order valence-electron chi connectivity index (χ0n) is 17.1. The zero-order valence-corrected chi connectivity index (χ0v) is 20.2. The van der Waals surface area contributed by atoms with Crippen LogP contribution in [0.5, 0.6) is 0 Å². The Balaban J connectivity index is 1.56. The van der Waals surface area contributed by atoms with Gasteiger partial charge in [-0.05, 0) is 54.1 Å². The number of furan rings is 1. The summed E-state index contributed by atoms with van der Waals surface area (Å²) in [6.07, 6.45) is 3.59. The highest BCUT2D eigenvalue weighted by Crippen LogP contribution is 2.41. The number of carbonyl (C=O) groups is 1. The molecule has 0 aliphatic carbocycles. The van der Waals surface area contributed by atoms with Crippen molar-refractivity contribution in [2.75, 3.05) is 4.90 Å². The molecule has 0 unspecified atom stereocenters. The molecule has 162 valence electrons. The van der Waals surface area contributed by atoms with Gasteiger partial charge in [-0.15, -0.1) is 0 Å². The van der Waals surface area contributed by atoms with Crippen LogP contribution in [0.25, 0.3) is 23.1 Å². The van der Waals surface area contributed by atoms with Crippen molar-refractivity contribution in [2.45, 2.75) is 0 Å². The SMILES string of the molecule is O=C1/C(=C/c2ccc(-c3ccc(Br)cc3)o2)C=C(c2ccccc2)N1c1cccc(Cl)c1Cl. The monoisotopic (exact) mass is 535 g/mol.